The van der Waals surface area contributed by atoms with Crippen LogP contribution in [0.2, 0.25) is 0 Å². The third-order valence-electron chi connectivity index (χ3n) is 2.60. The molecule has 4 heteroatoms. The van der Waals surface area contributed by atoms with Crippen molar-refractivity contribution in [2.24, 2.45) is 5.73 Å². The number of rotatable bonds is 4. The van der Waals surface area contributed by atoms with Crippen LogP contribution in [-0.2, 0) is 0 Å². The molecular weight excluding hydrogens is 206 g/mol. The molecule has 0 aliphatic heterocycles. The second-order valence-corrected chi connectivity index (χ2v) is 3.88. The van der Waals surface area contributed by atoms with E-state index in [0.29, 0.717) is 11.1 Å². The molecule has 0 heterocycles. The second-order valence-electron chi connectivity index (χ2n) is 3.88. The summed E-state index contributed by atoms with van der Waals surface area (Å²) in [6.45, 7) is 3.27. The van der Waals surface area contributed by atoms with Gasteiger partial charge in [0.15, 0.2) is 5.78 Å². The van der Waals surface area contributed by atoms with Gasteiger partial charge in [-0.3, -0.25) is 4.79 Å². The van der Waals surface area contributed by atoms with E-state index in [2.05, 4.69) is 0 Å². The maximum Gasteiger partial charge on any atom is 0.159 e. The van der Waals surface area contributed by atoms with Crippen molar-refractivity contribution in [1.82, 2.24) is 0 Å². The smallest absolute Gasteiger partial charge is 0.159 e. The van der Waals surface area contributed by atoms with Crippen LogP contribution in [0.25, 0.3) is 0 Å². The molecule has 4 N–H and O–H groups in total. The Labute approximate surface area is 94.7 Å². The van der Waals surface area contributed by atoms with Crippen LogP contribution in [0.1, 0.15) is 34.5 Å². The van der Waals surface area contributed by atoms with Crippen molar-refractivity contribution in [3.8, 4) is 0 Å². The minimum Gasteiger partial charge on any atom is -0.389 e. The highest BCUT2D eigenvalue weighted by atomic mass is 16.3. The molecule has 2 unspecified atom stereocenters. The Morgan fingerprint density at radius 3 is 2.50 bits per heavy atom. The fourth-order valence-corrected chi connectivity index (χ4v) is 1.56. The van der Waals surface area contributed by atoms with Gasteiger partial charge in [-0.05, 0) is 31.0 Å². The molecule has 88 valence electrons. The number of Topliss-reactive ketones (excluding diaryl/α,β-unsaturated/α-hetero) is 1. The number of hydrogen-bond acceptors (Lipinski definition) is 4. The lowest BCUT2D eigenvalue weighted by Crippen LogP contribution is -2.27. The zero-order chi connectivity index (χ0) is 12.3. The van der Waals surface area contributed by atoms with Gasteiger partial charge in [0.2, 0.25) is 0 Å². The van der Waals surface area contributed by atoms with E-state index in [9.17, 15) is 15.0 Å². The number of hydrogen-bond donors (Lipinski definition) is 3. The Bertz CT molecular complexity index is 390. The molecule has 0 radical (unpaired) electrons. The van der Waals surface area contributed by atoms with E-state index in [-0.39, 0.29) is 12.3 Å². The Balaban J connectivity index is 3.03. The van der Waals surface area contributed by atoms with Crippen LogP contribution in [-0.4, -0.2) is 28.6 Å². The van der Waals surface area contributed by atoms with Crippen molar-refractivity contribution < 1.29 is 15.0 Å². The SMILES string of the molecule is CC(=O)c1ccc(C(O)C(O)CN)c(C)c1. The van der Waals surface area contributed by atoms with E-state index in [0.717, 1.165) is 5.56 Å². The number of aliphatic hydroxyl groups excluding tert-OH is 2. The maximum atomic E-state index is 11.1. The molecule has 0 bridgehead atoms. The number of carbonyl (C=O) groups is 1. The van der Waals surface area contributed by atoms with Gasteiger partial charge in [0.25, 0.3) is 0 Å². The first-order valence-corrected chi connectivity index (χ1v) is 5.15. The molecule has 0 amide bonds. The summed E-state index contributed by atoms with van der Waals surface area (Å²) in [7, 11) is 0. The first-order chi connectivity index (χ1) is 7.47. The van der Waals surface area contributed by atoms with Crippen LogP contribution in [0.4, 0.5) is 0 Å². The van der Waals surface area contributed by atoms with Gasteiger partial charge in [0, 0.05) is 12.1 Å². The van der Waals surface area contributed by atoms with Crippen molar-refractivity contribution in [2.75, 3.05) is 6.54 Å². The Kier molecular flexibility index (Phi) is 4.18. The fraction of sp³-hybridized carbons (Fsp3) is 0.417. The lowest BCUT2D eigenvalue weighted by Gasteiger charge is -2.18. The lowest BCUT2D eigenvalue weighted by atomic mass is 9.96. The standard InChI is InChI=1S/C12H17NO3/c1-7-5-9(8(2)14)3-4-10(7)12(16)11(15)6-13/h3-5,11-12,15-16H,6,13H2,1-2H3. The average Bonchev–Trinajstić information content (AvgIpc) is 2.26. The predicted octanol–water partition coefficient (Wildman–Crippen LogP) is 0.551. The molecule has 0 spiro atoms. The van der Waals surface area contributed by atoms with Crippen molar-refractivity contribution in [2.45, 2.75) is 26.1 Å². The summed E-state index contributed by atoms with van der Waals surface area (Å²) in [5, 5.41) is 19.2. The normalized spacial score (nSPS) is 14.6. The molecule has 0 aliphatic carbocycles. The third kappa shape index (κ3) is 2.66. The maximum absolute atomic E-state index is 11.1. The Hall–Kier alpha value is -1.23. The van der Waals surface area contributed by atoms with Crippen molar-refractivity contribution in [3.63, 3.8) is 0 Å². The second kappa shape index (κ2) is 5.21. The topological polar surface area (TPSA) is 83.5 Å². The summed E-state index contributed by atoms with van der Waals surface area (Å²) >= 11 is 0. The molecule has 1 aromatic rings. The number of aliphatic hydroxyl groups is 2. The van der Waals surface area contributed by atoms with Gasteiger partial charge in [-0.25, -0.2) is 0 Å². The number of carbonyl (C=O) groups excluding carboxylic acids is 1. The van der Waals surface area contributed by atoms with Crippen LogP contribution in [0.15, 0.2) is 18.2 Å². The van der Waals surface area contributed by atoms with Crippen LogP contribution in [0.5, 0.6) is 0 Å². The van der Waals surface area contributed by atoms with Crippen LogP contribution < -0.4 is 5.73 Å². The number of nitrogens with two attached hydrogens (primary N) is 1. The molecule has 1 rings (SSSR count). The van der Waals surface area contributed by atoms with Gasteiger partial charge in [0.1, 0.15) is 6.10 Å². The summed E-state index contributed by atoms with van der Waals surface area (Å²) < 4.78 is 0. The quantitative estimate of drug-likeness (QED) is 0.651. The van der Waals surface area contributed by atoms with E-state index in [4.69, 9.17) is 5.73 Å². The molecule has 0 saturated heterocycles. The van der Waals surface area contributed by atoms with Gasteiger partial charge in [0.05, 0.1) is 6.10 Å². The van der Waals surface area contributed by atoms with E-state index in [1.165, 1.54) is 6.92 Å². The van der Waals surface area contributed by atoms with Crippen LogP contribution in [0, 0.1) is 6.92 Å². The zero-order valence-corrected chi connectivity index (χ0v) is 9.47. The van der Waals surface area contributed by atoms with Crippen LogP contribution in [0.3, 0.4) is 0 Å². The van der Waals surface area contributed by atoms with Gasteiger partial charge >= 0.3 is 0 Å². The minimum atomic E-state index is -1.01. The lowest BCUT2D eigenvalue weighted by molar-refractivity contribution is 0.0239. The molecule has 1 aromatic carbocycles. The summed E-state index contributed by atoms with van der Waals surface area (Å²) in [6.07, 6.45) is -1.99. The van der Waals surface area contributed by atoms with Gasteiger partial charge in [-0.1, -0.05) is 12.1 Å². The van der Waals surface area contributed by atoms with E-state index in [1.54, 1.807) is 25.1 Å². The van der Waals surface area contributed by atoms with E-state index < -0.39 is 12.2 Å². The van der Waals surface area contributed by atoms with Gasteiger partial charge < -0.3 is 15.9 Å². The zero-order valence-electron chi connectivity index (χ0n) is 9.47. The molecule has 4 nitrogen and oxygen atoms in total. The molecule has 0 aromatic heterocycles. The molecular formula is C12H17NO3. The Morgan fingerprint density at radius 1 is 1.44 bits per heavy atom. The van der Waals surface area contributed by atoms with E-state index >= 15 is 0 Å². The van der Waals surface area contributed by atoms with Crippen LogP contribution >= 0.6 is 0 Å². The minimum absolute atomic E-state index is 0.00489. The van der Waals surface area contributed by atoms with Crippen molar-refractivity contribution in [3.05, 3.63) is 34.9 Å². The van der Waals surface area contributed by atoms with Gasteiger partial charge in [-0.2, -0.15) is 0 Å². The molecule has 16 heavy (non-hydrogen) atoms. The van der Waals surface area contributed by atoms with Crippen molar-refractivity contribution >= 4 is 5.78 Å². The molecule has 0 saturated carbocycles. The molecule has 2 atom stereocenters. The summed E-state index contributed by atoms with van der Waals surface area (Å²) in [6, 6.07) is 4.98. The third-order valence-corrected chi connectivity index (χ3v) is 2.60. The van der Waals surface area contributed by atoms with Crippen molar-refractivity contribution in [1.29, 1.82) is 0 Å². The highest BCUT2D eigenvalue weighted by molar-refractivity contribution is 5.94. The highest BCUT2D eigenvalue weighted by Gasteiger charge is 2.18. The highest BCUT2D eigenvalue weighted by Crippen LogP contribution is 2.21. The number of aryl methyl sites for hydroxylation is 1. The Morgan fingerprint density at radius 2 is 2.06 bits per heavy atom. The average molecular weight is 223 g/mol. The summed E-state index contributed by atoms with van der Waals surface area (Å²) in [4.78, 5) is 11.1. The first-order valence-electron chi connectivity index (χ1n) is 5.15. The predicted molar refractivity (Wildman–Crippen MR) is 61.2 cm³/mol. The largest absolute Gasteiger partial charge is 0.389 e. The number of ketones is 1. The summed E-state index contributed by atoms with van der Waals surface area (Å²) in [5.74, 6) is -0.0245. The van der Waals surface area contributed by atoms with Gasteiger partial charge in [-0.15, -0.1) is 0 Å². The first kappa shape index (κ1) is 12.8. The van der Waals surface area contributed by atoms with E-state index in [1.807, 2.05) is 0 Å². The summed E-state index contributed by atoms with van der Waals surface area (Å²) in [5.41, 5.74) is 7.24. The molecule has 0 fully saturated rings. The molecule has 0 aliphatic rings. The number of benzene rings is 1. The fourth-order valence-electron chi connectivity index (χ4n) is 1.56. The monoisotopic (exact) mass is 223 g/mol.